The van der Waals surface area contributed by atoms with Gasteiger partial charge in [0.05, 0.1) is 6.54 Å². The molecule has 0 saturated carbocycles. The Balaban J connectivity index is 1.55. The Labute approximate surface area is 179 Å². The Hall–Kier alpha value is -2.86. The zero-order valence-electron chi connectivity index (χ0n) is 18.0. The number of benzene rings is 2. The number of rotatable bonds is 8. The van der Waals surface area contributed by atoms with Gasteiger partial charge in [-0.1, -0.05) is 62.4 Å². The average molecular weight is 409 g/mol. The first-order valence-electron chi connectivity index (χ1n) is 10.8. The number of nitrogens with one attached hydrogen (secondary N) is 1. The van der Waals surface area contributed by atoms with Gasteiger partial charge in [-0.05, 0) is 30.8 Å². The quantitative estimate of drug-likeness (QED) is 0.729. The van der Waals surface area contributed by atoms with Crippen molar-refractivity contribution in [2.75, 3.05) is 50.7 Å². The number of carbonyl (C=O) groups excluding carboxylic acids is 2. The van der Waals surface area contributed by atoms with E-state index in [0.717, 1.165) is 31.7 Å². The summed E-state index contributed by atoms with van der Waals surface area (Å²) in [5.74, 6) is -0.149. The maximum absolute atomic E-state index is 13.0. The minimum atomic E-state index is -0.385. The Bertz CT molecular complexity index is 800. The molecule has 1 aliphatic heterocycles. The lowest BCUT2D eigenvalue weighted by Crippen LogP contribution is -2.52. The van der Waals surface area contributed by atoms with E-state index in [0.29, 0.717) is 13.1 Å². The van der Waals surface area contributed by atoms with Crippen molar-refractivity contribution in [2.45, 2.75) is 19.9 Å². The molecule has 0 aliphatic carbocycles. The third kappa shape index (κ3) is 5.39. The number of carbonyl (C=O) groups is 2. The molecule has 1 saturated heterocycles. The summed E-state index contributed by atoms with van der Waals surface area (Å²) in [6.45, 7) is 8.59. The Morgan fingerprint density at radius 3 is 2.03 bits per heavy atom. The molecule has 1 atom stereocenters. The summed E-state index contributed by atoms with van der Waals surface area (Å²) in [6, 6.07) is 19.6. The highest BCUT2D eigenvalue weighted by Gasteiger charge is 2.27. The predicted octanol–water partition coefficient (Wildman–Crippen LogP) is 2.53. The number of hydrogen-bond donors (Lipinski definition) is 1. The molecule has 3 rings (SSSR count). The van der Waals surface area contributed by atoms with Gasteiger partial charge in [0.2, 0.25) is 11.8 Å². The zero-order valence-corrected chi connectivity index (χ0v) is 18.0. The largest absolute Gasteiger partial charge is 0.368 e. The first kappa shape index (κ1) is 21.8. The lowest BCUT2D eigenvalue weighted by molar-refractivity contribution is -0.134. The smallest absolute Gasteiger partial charge is 0.242 e. The number of hydrogen-bond acceptors (Lipinski definition) is 4. The van der Waals surface area contributed by atoms with E-state index in [4.69, 9.17) is 0 Å². The summed E-state index contributed by atoms with van der Waals surface area (Å²) in [7, 11) is 0. The van der Waals surface area contributed by atoms with Crippen LogP contribution in [0.25, 0.3) is 0 Å². The Morgan fingerprint density at radius 1 is 0.900 bits per heavy atom. The number of anilines is 1. The number of para-hydroxylation sites is 1. The first-order valence-corrected chi connectivity index (χ1v) is 10.8. The van der Waals surface area contributed by atoms with Crippen LogP contribution in [0.4, 0.5) is 5.69 Å². The van der Waals surface area contributed by atoms with E-state index in [1.165, 1.54) is 5.69 Å². The summed E-state index contributed by atoms with van der Waals surface area (Å²) in [4.78, 5) is 31.9. The molecule has 6 heteroatoms. The van der Waals surface area contributed by atoms with Gasteiger partial charge < -0.3 is 15.1 Å². The fraction of sp³-hybridized carbons (Fsp3) is 0.417. The van der Waals surface area contributed by atoms with E-state index < -0.39 is 0 Å². The van der Waals surface area contributed by atoms with Crippen molar-refractivity contribution in [3.05, 3.63) is 66.2 Å². The molecule has 1 aliphatic rings. The van der Waals surface area contributed by atoms with Gasteiger partial charge >= 0.3 is 0 Å². The second-order valence-corrected chi connectivity index (χ2v) is 7.46. The van der Waals surface area contributed by atoms with Crippen molar-refractivity contribution in [1.29, 1.82) is 0 Å². The van der Waals surface area contributed by atoms with Crippen molar-refractivity contribution < 1.29 is 9.59 Å². The van der Waals surface area contributed by atoms with Crippen LogP contribution in [0.2, 0.25) is 0 Å². The van der Waals surface area contributed by atoms with Crippen LogP contribution in [0.15, 0.2) is 60.7 Å². The van der Waals surface area contributed by atoms with Gasteiger partial charge in [-0.15, -0.1) is 0 Å². The normalized spacial score (nSPS) is 15.2. The van der Waals surface area contributed by atoms with Gasteiger partial charge in [0.15, 0.2) is 0 Å². The van der Waals surface area contributed by atoms with E-state index in [9.17, 15) is 9.59 Å². The summed E-state index contributed by atoms with van der Waals surface area (Å²) >= 11 is 0. The first-order chi connectivity index (χ1) is 14.6. The molecule has 0 radical (unpaired) electrons. The van der Waals surface area contributed by atoms with E-state index in [-0.39, 0.29) is 24.4 Å². The van der Waals surface area contributed by atoms with Crippen LogP contribution in [0, 0.1) is 0 Å². The molecule has 0 aromatic heterocycles. The molecule has 30 heavy (non-hydrogen) atoms. The summed E-state index contributed by atoms with van der Waals surface area (Å²) in [6.07, 6.45) is 0. The van der Waals surface area contributed by atoms with Crippen LogP contribution in [0.5, 0.6) is 0 Å². The van der Waals surface area contributed by atoms with E-state index in [1.54, 1.807) is 0 Å². The fourth-order valence-corrected chi connectivity index (χ4v) is 3.98. The van der Waals surface area contributed by atoms with Crippen LogP contribution in [-0.2, 0) is 9.59 Å². The molecule has 1 heterocycles. The monoisotopic (exact) mass is 408 g/mol. The van der Waals surface area contributed by atoms with Crippen molar-refractivity contribution in [3.8, 4) is 0 Å². The average Bonchev–Trinajstić information content (AvgIpc) is 2.82. The molecule has 1 fully saturated rings. The van der Waals surface area contributed by atoms with E-state index >= 15 is 0 Å². The predicted molar refractivity (Wildman–Crippen MR) is 120 cm³/mol. The highest BCUT2D eigenvalue weighted by molar-refractivity contribution is 5.88. The third-order valence-corrected chi connectivity index (χ3v) is 5.71. The second-order valence-electron chi connectivity index (χ2n) is 7.46. The molecule has 6 nitrogen and oxygen atoms in total. The molecule has 0 spiro atoms. The molecule has 1 N–H and O–H groups in total. The van der Waals surface area contributed by atoms with Crippen LogP contribution in [0.1, 0.15) is 25.5 Å². The molecular weight excluding hydrogens is 376 g/mol. The molecular formula is C24H32N4O2. The highest BCUT2D eigenvalue weighted by atomic mass is 16.2. The van der Waals surface area contributed by atoms with Gasteiger partial charge in [-0.3, -0.25) is 14.5 Å². The van der Waals surface area contributed by atoms with Gasteiger partial charge in [-0.25, -0.2) is 0 Å². The third-order valence-electron chi connectivity index (χ3n) is 5.71. The number of amides is 2. The standard InChI is InChI=1S/C24H32N4O2/c1-3-26(4-2)23(20-11-7-5-8-12-20)24(30)25-19-22(29)28-17-15-27(16-18-28)21-13-9-6-10-14-21/h5-14,23H,3-4,15-19H2,1-2H3,(H,25,30). The minimum absolute atomic E-state index is 0.0255. The molecule has 1 unspecified atom stereocenters. The van der Waals surface area contributed by atoms with Gasteiger partial charge in [-0.2, -0.15) is 0 Å². The Morgan fingerprint density at radius 2 is 1.47 bits per heavy atom. The SMILES string of the molecule is CCN(CC)C(C(=O)NCC(=O)N1CCN(c2ccccc2)CC1)c1ccccc1. The lowest BCUT2D eigenvalue weighted by atomic mass is 10.0. The van der Waals surface area contributed by atoms with Crippen molar-refractivity contribution in [3.63, 3.8) is 0 Å². The minimum Gasteiger partial charge on any atom is -0.368 e. The number of nitrogens with zero attached hydrogens (tertiary/aromatic N) is 3. The number of likely N-dealkylation sites (N-methyl/N-ethyl adjacent to an activating group) is 1. The van der Waals surface area contributed by atoms with Crippen molar-refractivity contribution in [2.24, 2.45) is 0 Å². The van der Waals surface area contributed by atoms with Gasteiger partial charge in [0.25, 0.3) is 0 Å². The van der Waals surface area contributed by atoms with E-state index in [1.807, 2.05) is 67.3 Å². The molecule has 2 aromatic rings. The maximum atomic E-state index is 13.0. The van der Waals surface area contributed by atoms with Gasteiger partial charge in [0.1, 0.15) is 6.04 Å². The van der Waals surface area contributed by atoms with Crippen LogP contribution in [-0.4, -0.2) is 67.4 Å². The Kier molecular flexibility index (Phi) is 7.85. The second kappa shape index (κ2) is 10.8. The van der Waals surface area contributed by atoms with E-state index in [2.05, 4.69) is 27.2 Å². The summed E-state index contributed by atoms with van der Waals surface area (Å²) < 4.78 is 0. The molecule has 2 amide bonds. The zero-order chi connectivity index (χ0) is 21.3. The lowest BCUT2D eigenvalue weighted by Gasteiger charge is -2.36. The molecule has 160 valence electrons. The highest BCUT2D eigenvalue weighted by Crippen LogP contribution is 2.20. The van der Waals surface area contributed by atoms with Crippen molar-refractivity contribution >= 4 is 17.5 Å². The number of piperazine rings is 1. The fourth-order valence-electron chi connectivity index (χ4n) is 3.98. The maximum Gasteiger partial charge on any atom is 0.242 e. The van der Waals surface area contributed by atoms with Crippen LogP contribution < -0.4 is 10.2 Å². The summed E-state index contributed by atoms with van der Waals surface area (Å²) in [5.41, 5.74) is 2.13. The van der Waals surface area contributed by atoms with Crippen molar-refractivity contribution in [1.82, 2.24) is 15.1 Å². The van der Waals surface area contributed by atoms with Crippen LogP contribution in [0.3, 0.4) is 0 Å². The molecule has 0 bridgehead atoms. The van der Waals surface area contributed by atoms with Crippen LogP contribution >= 0.6 is 0 Å². The summed E-state index contributed by atoms with van der Waals surface area (Å²) in [5, 5.41) is 2.88. The topological polar surface area (TPSA) is 55.9 Å². The molecule has 2 aromatic carbocycles. The van der Waals surface area contributed by atoms with Gasteiger partial charge in [0, 0.05) is 31.9 Å².